The van der Waals surface area contributed by atoms with Crippen LogP contribution in [0.1, 0.15) is 28.0 Å². The van der Waals surface area contributed by atoms with E-state index >= 15 is 0 Å². The summed E-state index contributed by atoms with van der Waals surface area (Å²) in [4.78, 5) is 46.2. The average molecular weight is 359 g/mol. The molecular formula is C16H17N5O3S. The molecule has 3 rings (SSSR count). The Kier molecular flexibility index (Phi) is 4.25. The second kappa shape index (κ2) is 6.25. The fourth-order valence-electron chi connectivity index (χ4n) is 2.55. The van der Waals surface area contributed by atoms with Crippen LogP contribution in [0.25, 0.3) is 11.0 Å². The third kappa shape index (κ3) is 2.86. The summed E-state index contributed by atoms with van der Waals surface area (Å²) in [5, 5.41) is 3.49. The predicted octanol–water partition coefficient (Wildman–Crippen LogP) is 1.21. The Hall–Kier alpha value is -2.81. The van der Waals surface area contributed by atoms with Crippen molar-refractivity contribution in [3.63, 3.8) is 0 Å². The Morgan fingerprint density at radius 3 is 2.56 bits per heavy atom. The van der Waals surface area contributed by atoms with Crippen LogP contribution >= 0.6 is 11.3 Å². The third-order valence-corrected chi connectivity index (χ3v) is 4.91. The molecule has 1 N–H and O–H groups in total. The normalized spacial score (nSPS) is 11.0. The van der Waals surface area contributed by atoms with E-state index in [4.69, 9.17) is 0 Å². The lowest BCUT2D eigenvalue weighted by Gasteiger charge is -2.08. The summed E-state index contributed by atoms with van der Waals surface area (Å²) in [6.45, 7) is 3.95. The van der Waals surface area contributed by atoms with Crippen LogP contribution in [0.5, 0.6) is 0 Å². The number of amides is 1. The van der Waals surface area contributed by atoms with Gasteiger partial charge in [0.05, 0.1) is 11.1 Å². The van der Waals surface area contributed by atoms with Crippen molar-refractivity contribution in [3.8, 4) is 0 Å². The van der Waals surface area contributed by atoms with Gasteiger partial charge in [0, 0.05) is 19.0 Å². The van der Waals surface area contributed by atoms with Gasteiger partial charge in [-0.2, -0.15) is 0 Å². The number of nitrogens with one attached hydrogen (secondary N) is 1. The van der Waals surface area contributed by atoms with E-state index in [-0.39, 0.29) is 16.7 Å². The van der Waals surface area contributed by atoms with E-state index in [0.717, 1.165) is 21.6 Å². The van der Waals surface area contributed by atoms with Gasteiger partial charge in [0.25, 0.3) is 11.5 Å². The van der Waals surface area contributed by atoms with Gasteiger partial charge in [-0.25, -0.2) is 14.8 Å². The minimum atomic E-state index is -0.495. The highest BCUT2D eigenvalue weighted by Crippen LogP contribution is 2.22. The van der Waals surface area contributed by atoms with Crippen molar-refractivity contribution < 1.29 is 4.79 Å². The van der Waals surface area contributed by atoms with Crippen LogP contribution in [-0.2, 0) is 20.5 Å². The molecule has 25 heavy (non-hydrogen) atoms. The van der Waals surface area contributed by atoms with Gasteiger partial charge < -0.3 is 0 Å². The molecular weight excluding hydrogens is 342 g/mol. The standard InChI is InChI=1S/C16H17N5O3S/c1-5-10-8(2)25-15(18-10)19-13(22)11-7-6-9-12(17-11)20(3)16(24)21(4)14(9)23/h6-7H,5H2,1-4H3,(H,18,19,22). The molecule has 3 aromatic rings. The second-order valence-electron chi connectivity index (χ2n) is 5.60. The SMILES string of the molecule is CCc1nc(NC(=O)c2ccc3c(=O)n(C)c(=O)n(C)c3n2)sc1C. The Morgan fingerprint density at radius 2 is 1.92 bits per heavy atom. The maximum Gasteiger partial charge on any atom is 0.332 e. The number of nitrogens with zero attached hydrogens (tertiary/aromatic N) is 4. The van der Waals surface area contributed by atoms with E-state index < -0.39 is 17.2 Å². The molecule has 0 atom stereocenters. The topological polar surface area (TPSA) is 98.9 Å². The van der Waals surface area contributed by atoms with Crippen molar-refractivity contribution in [2.24, 2.45) is 14.1 Å². The Bertz CT molecular complexity index is 1110. The highest BCUT2D eigenvalue weighted by Gasteiger charge is 2.15. The summed E-state index contributed by atoms with van der Waals surface area (Å²) < 4.78 is 2.25. The third-order valence-electron chi connectivity index (χ3n) is 3.98. The first-order valence-electron chi connectivity index (χ1n) is 7.68. The maximum absolute atomic E-state index is 12.4. The van der Waals surface area contributed by atoms with E-state index in [2.05, 4.69) is 15.3 Å². The zero-order valence-corrected chi connectivity index (χ0v) is 15.1. The molecule has 3 heterocycles. The number of anilines is 1. The molecule has 0 aliphatic carbocycles. The number of rotatable bonds is 3. The molecule has 8 nitrogen and oxygen atoms in total. The fourth-order valence-corrected chi connectivity index (χ4v) is 3.45. The van der Waals surface area contributed by atoms with E-state index in [1.807, 2.05) is 13.8 Å². The molecule has 0 spiro atoms. The first-order chi connectivity index (χ1) is 11.8. The number of pyridine rings is 1. The molecule has 0 radical (unpaired) electrons. The number of carbonyl (C=O) groups is 1. The summed E-state index contributed by atoms with van der Waals surface area (Å²) in [5.74, 6) is -0.438. The fraction of sp³-hybridized carbons (Fsp3) is 0.312. The van der Waals surface area contributed by atoms with Crippen molar-refractivity contribution >= 4 is 33.4 Å². The van der Waals surface area contributed by atoms with Crippen LogP contribution in [0.3, 0.4) is 0 Å². The minimum absolute atomic E-state index is 0.113. The predicted molar refractivity (Wildman–Crippen MR) is 96.4 cm³/mol. The van der Waals surface area contributed by atoms with Gasteiger partial charge in [-0.05, 0) is 25.5 Å². The first kappa shape index (κ1) is 17.0. The van der Waals surface area contributed by atoms with Crippen LogP contribution in [0.4, 0.5) is 5.13 Å². The molecule has 0 saturated heterocycles. The number of aromatic nitrogens is 4. The molecule has 9 heteroatoms. The highest BCUT2D eigenvalue weighted by atomic mass is 32.1. The summed E-state index contributed by atoms with van der Waals surface area (Å²) in [7, 11) is 2.91. The van der Waals surface area contributed by atoms with Crippen molar-refractivity contribution in [1.29, 1.82) is 0 Å². The van der Waals surface area contributed by atoms with Crippen LogP contribution < -0.4 is 16.6 Å². The summed E-state index contributed by atoms with van der Waals surface area (Å²) in [6, 6.07) is 2.97. The second-order valence-corrected chi connectivity index (χ2v) is 6.81. The number of hydrogen-bond acceptors (Lipinski definition) is 6. The molecule has 0 saturated carbocycles. The molecule has 0 bridgehead atoms. The van der Waals surface area contributed by atoms with Crippen LogP contribution in [0.2, 0.25) is 0 Å². The van der Waals surface area contributed by atoms with E-state index in [1.54, 1.807) is 0 Å². The van der Waals surface area contributed by atoms with Gasteiger partial charge in [0.1, 0.15) is 11.3 Å². The lowest BCUT2D eigenvalue weighted by molar-refractivity contribution is 0.102. The quantitative estimate of drug-likeness (QED) is 0.758. The van der Waals surface area contributed by atoms with E-state index in [9.17, 15) is 14.4 Å². The average Bonchev–Trinajstić information content (AvgIpc) is 2.96. The lowest BCUT2D eigenvalue weighted by Crippen LogP contribution is -2.37. The van der Waals surface area contributed by atoms with Gasteiger partial charge in [-0.1, -0.05) is 6.92 Å². The maximum atomic E-state index is 12.4. The largest absolute Gasteiger partial charge is 0.332 e. The zero-order valence-electron chi connectivity index (χ0n) is 14.3. The van der Waals surface area contributed by atoms with Gasteiger partial charge in [0.15, 0.2) is 5.13 Å². The molecule has 0 aliphatic heterocycles. The van der Waals surface area contributed by atoms with Crippen LogP contribution in [-0.4, -0.2) is 25.0 Å². The number of fused-ring (bicyclic) bond motifs is 1. The zero-order chi connectivity index (χ0) is 18.3. The number of hydrogen-bond donors (Lipinski definition) is 1. The first-order valence-corrected chi connectivity index (χ1v) is 8.49. The Balaban J connectivity index is 2.02. The van der Waals surface area contributed by atoms with Gasteiger partial charge >= 0.3 is 5.69 Å². The van der Waals surface area contributed by atoms with Crippen molar-refractivity contribution in [3.05, 3.63) is 49.2 Å². The Labute approximate surface area is 146 Å². The van der Waals surface area contributed by atoms with Crippen molar-refractivity contribution in [2.45, 2.75) is 20.3 Å². The number of aryl methyl sites for hydroxylation is 3. The summed E-state index contributed by atoms with van der Waals surface area (Å²) in [6.07, 6.45) is 0.790. The highest BCUT2D eigenvalue weighted by molar-refractivity contribution is 7.15. The van der Waals surface area contributed by atoms with Crippen molar-refractivity contribution in [1.82, 2.24) is 19.1 Å². The molecule has 0 unspecified atom stereocenters. The molecule has 0 aliphatic rings. The molecule has 1 amide bonds. The summed E-state index contributed by atoms with van der Waals surface area (Å²) >= 11 is 1.40. The molecule has 0 fully saturated rings. The summed E-state index contributed by atoms with van der Waals surface area (Å²) in [5.41, 5.74) is 0.288. The molecule has 3 aromatic heterocycles. The van der Waals surface area contributed by atoms with E-state index in [1.165, 1.54) is 42.1 Å². The van der Waals surface area contributed by atoms with Gasteiger partial charge in [-0.3, -0.25) is 24.0 Å². The smallest absolute Gasteiger partial charge is 0.296 e. The van der Waals surface area contributed by atoms with Crippen LogP contribution in [0, 0.1) is 6.92 Å². The monoisotopic (exact) mass is 359 g/mol. The Morgan fingerprint density at radius 1 is 1.20 bits per heavy atom. The van der Waals surface area contributed by atoms with Gasteiger partial charge in [-0.15, -0.1) is 11.3 Å². The molecule has 0 aromatic carbocycles. The lowest BCUT2D eigenvalue weighted by atomic mass is 10.2. The number of carbonyl (C=O) groups excluding carboxylic acids is 1. The number of thiazole rings is 1. The van der Waals surface area contributed by atoms with E-state index in [0.29, 0.717) is 5.13 Å². The van der Waals surface area contributed by atoms with Crippen LogP contribution in [0.15, 0.2) is 21.7 Å². The van der Waals surface area contributed by atoms with Gasteiger partial charge in [0.2, 0.25) is 0 Å². The molecule has 130 valence electrons. The minimum Gasteiger partial charge on any atom is -0.296 e. The van der Waals surface area contributed by atoms with Crippen molar-refractivity contribution in [2.75, 3.05) is 5.32 Å².